The van der Waals surface area contributed by atoms with Crippen molar-refractivity contribution in [3.05, 3.63) is 0 Å². The molecule has 0 aromatic heterocycles. The topological polar surface area (TPSA) is 0 Å². The Kier molecular flexibility index (Phi) is 2.91. The van der Waals surface area contributed by atoms with Crippen molar-refractivity contribution >= 4 is 22.6 Å². The molecule has 0 aliphatic carbocycles. The molecular formula is C7H12F3I. The minimum atomic E-state index is -4.13. The quantitative estimate of drug-likeness (QED) is 0.468. The van der Waals surface area contributed by atoms with Crippen LogP contribution in [0.4, 0.5) is 13.2 Å². The van der Waals surface area contributed by atoms with Crippen molar-refractivity contribution in [1.29, 1.82) is 0 Å². The molecule has 0 heterocycles. The van der Waals surface area contributed by atoms with Crippen LogP contribution in [-0.4, -0.2) is 9.60 Å². The molecular weight excluding hydrogens is 268 g/mol. The first kappa shape index (κ1) is 11.5. The van der Waals surface area contributed by atoms with Crippen molar-refractivity contribution < 1.29 is 13.2 Å². The van der Waals surface area contributed by atoms with Crippen LogP contribution in [0.3, 0.4) is 0 Å². The third-order valence-corrected chi connectivity index (χ3v) is 4.17. The first-order valence-corrected chi connectivity index (χ1v) is 4.33. The molecule has 1 unspecified atom stereocenters. The van der Waals surface area contributed by atoms with E-state index in [1.807, 2.05) is 0 Å². The molecule has 0 saturated heterocycles. The Morgan fingerprint density at radius 3 is 1.18 bits per heavy atom. The highest BCUT2D eigenvalue weighted by Crippen LogP contribution is 2.49. The second-order valence-corrected chi connectivity index (χ2v) is 5.91. The Bertz CT molecular complexity index is 125. The van der Waals surface area contributed by atoms with Crippen molar-refractivity contribution in [2.75, 3.05) is 0 Å². The lowest BCUT2D eigenvalue weighted by atomic mass is 9.81. The van der Waals surface area contributed by atoms with E-state index in [4.69, 9.17) is 0 Å². The van der Waals surface area contributed by atoms with Crippen LogP contribution in [0, 0.1) is 5.41 Å². The molecule has 0 fully saturated rings. The van der Waals surface area contributed by atoms with Crippen molar-refractivity contribution in [2.45, 2.75) is 37.3 Å². The lowest BCUT2D eigenvalue weighted by Crippen LogP contribution is -2.46. The van der Waals surface area contributed by atoms with E-state index in [9.17, 15) is 13.2 Å². The fourth-order valence-electron chi connectivity index (χ4n) is 0.425. The van der Waals surface area contributed by atoms with Crippen LogP contribution in [0.25, 0.3) is 0 Å². The monoisotopic (exact) mass is 280 g/mol. The third-order valence-electron chi connectivity index (χ3n) is 1.94. The van der Waals surface area contributed by atoms with E-state index in [0.717, 1.165) is 0 Å². The second-order valence-electron chi connectivity index (χ2n) is 3.75. The van der Waals surface area contributed by atoms with Gasteiger partial charge in [0, 0.05) is 0 Å². The summed E-state index contributed by atoms with van der Waals surface area (Å²) in [7, 11) is 0. The number of halogens is 4. The van der Waals surface area contributed by atoms with Crippen LogP contribution < -0.4 is 0 Å². The average molecular weight is 280 g/mol. The fourth-order valence-corrected chi connectivity index (χ4v) is 0.425. The molecule has 11 heavy (non-hydrogen) atoms. The lowest BCUT2D eigenvalue weighted by molar-refractivity contribution is -0.170. The average Bonchev–Trinajstić information content (AvgIpc) is 1.58. The van der Waals surface area contributed by atoms with Crippen molar-refractivity contribution in [3.63, 3.8) is 0 Å². The van der Waals surface area contributed by atoms with Gasteiger partial charge in [-0.15, -0.1) is 0 Å². The maximum atomic E-state index is 12.3. The van der Waals surface area contributed by atoms with Gasteiger partial charge in [-0.1, -0.05) is 43.4 Å². The Morgan fingerprint density at radius 2 is 1.18 bits per heavy atom. The Balaban J connectivity index is 4.75. The summed E-state index contributed by atoms with van der Waals surface area (Å²) in [5, 5.41) is 0. The highest BCUT2D eigenvalue weighted by Gasteiger charge is 2.56. The summed E-state index contributed by atoms with van der Waals surface area (Å²) in [4.78, 5) is 0. The van der Waals surface area contributed by atoms with Gasteiger partial charge in [0.2, 0.25) is 0 Å². The van der Waals surface area contributed by atoms with Gasteiger partial charge < -0.3 is 0 Å². The van der Waals surface area contributed by atoms with Crippen molar-refractivity contribution in [3.8, 4) is 0 Å². The minimum absolute atomic E-state index is 0.758. The van der Waals surface area contributed by atoms with E-state index in [0.29, 0.717) is 0 Å². The molecule has 0 N–H and O–H groups in total. The van der Waals surface area contributed by atoms with Gasteiger partial charge in [-0.05, 0) is 12.3 Å². The zero-order chi connectivity index (χ0) is 9.50. The van der Waals surface area contributed by atoms with E-state index in [2.05, 4.69) is 0 Å². The molecule has 0 aromatic rings. The number of hydrogen-bond donors (Lipinski definition) is 0. The van der Waals surface area contributed by atoms with Gasteiger partial charge in [0.25, 0.3) is 0 Å². The first-order chi connectivity index (χ1) is 4.50. The van der Waals surface area contributed by atoms with E-state index in [1.54, 1.807) is 20.8 Å². The summed E-state index contributed by atoms with van der Waals surface area (Å²) < 4.78 is 35.3. The molecule has 0 aliphatic heterocycles. The van der Waals surface area contributed by atoms with Crippen LogP contribution in [0.5, 0.6) is 0 Å². The Hall–Kier alpha value is 0.520. The smallest absolute Gasteiger partial charge is 0.170 e. The summed E-state index contributed by atoms with van der Waals surface area (Å²) in [6.45, 7) is 5.99. The van der Waals surface area contributed by atoms with Gasteiger partial charge in [-0.3, -0.25) is 0 Å². The van der Waals surface area contributed by atoms with E-state index in [1.165, 1.54) is 29.5 Å². The molecule has 0 amide bonds. The number of hydrogen-bond acceptors (Lipinski definition) is 0. The molecule has 68 valence electrons. The lowest BCUT2D eigenvalue weighted by Gasteiger charge is -2.38. The van der Waals surface area contributed by atoms with Gasteiger partial charge in [0.15, 0.2) is 0 Å². The van der Waals surface area contributed by atoms with Crippen LogP contribution in [0.15, 0.2) is 0 Å². The molecule has 1 atom stereocenters. The molecule has 0 rings (SSSR count). The fraction of sp³-hybridized carbons (Fsp3) is 1.00. The van der Waals surface area contributed by atoms with Gasteiger partial charge in [-0.25, -0.2) is 0 Å². The maximum Gasteiger partial charge on any atom is 0.403 e. The molecule has 0 nitrogen and oxygen atoms in total. The predicted octanol–water partition coefficient (Wildman–Crippen LogP) is 3.79. The first-order valence-electron chi connectivity index (χ1n) is 3.26. The highest BCUT2D eigenvalue weighted by molar-refractivity contribution is 14.1. The summed E-state index contributed by atoms with van der Waals surface area (Å²) in [5.74, 6) is 0. The number of rotatable bonds is 0. The summed E-state index contributed by atoms with van der Waals surface area (Å²) >= 11 is 1.46. The summed E-state index contributed by atoms with van der Waals surface area (Å²) in [6, 6.07) is 0. The van der Waals surface area contributed by atoms with Crippen molar-refractivity contribution in [1.82, 2.24) is 0 Å². The molecule has 0 spiro atoms. The highest BCUT2D eigenvalue weighted by atomic mass is 127. The number of alkyl halides is 4. The third kappa shape index (κ3) is 2.23. The van der Waals surface area contributed by atoms with Gasteiger partial charge in [0.05, 0.1) is 0 Å². The van der Waals surface area contributed by atoms with E-state index < -0.39 is 15.0 Å². The minimum Gasteiger partial charge on any atom is -0.170 e. The molecule has 0 bridgehead atoms. The van der Waals surface area contributed by atoms with Gasteiger partial charge in [0.1, 0.15) is 3.42 Å². The Labute approximate surface area is 78.7 Å². The standard InChI is InChI=1S/C7H12F3I/c1-5(2,3)6(4,11)7(8,9)10/h1-4H3. The van der Waals surface area contributed by atoms with E-state index >= 15 is 0 Å². The van der Waals surface area contributed by atoms with Crippen LogP contribution in [0.2, 0.25) is 0 Å². The second kappa shape index (κ2) is 2.78. The Morgan fingerprint density at radius 1 is 0.909 bits per heavy atom. The van der Waals surface area contributed by atoms with Gasteiger partial charge >= 0.3 is 6.18 Å². The largest absolute Gasteiger partial charge is 0.403 e. The zero-order valence-corrected chi connectivity index (χ0v) is 9.17. The molecule has 0 aromatic carbocycles. The van der Waals surface area contributed by atoms with Crippen LogP contribution in [0.1, 0.15) is 27.7 Å². The van der Waals surface area contributed by atoms with Crippen LogP contribution >= 0.6 is 22.6 Å². The predicted molar refractivity (Wildman–Crippen MR) is 47.9 cm³/mol. The molecule has 0 aliphatic rings. The summed E-state index contributed by atoms with van der Waals surface area (Å²) in [5.41, 5.74) is -0.758. The van der Waals surface area contributed by atoms with Crippen LogP contribution in [-0.2, 0) is 0 Å². The van der Waals surface area contributed by atoms with E-state index in [-0.39, 0.29) is 0 Å². The molecule has 0 radical (unpaired) electrons. The zero-order valence-electron chi connectivity index (χ0n) is 7.01. The van der Waals surface area contributed by atoms with Gasteiger partial charge in [-0.2, -0.15) is 13.2 Å². The molecule has 0 saturated carbocycles. The summed E-state index contributed by atoms with van der Waals surface area (Å²) in [6.07, 6.45) is -4.13. The van der Waals surface area contributed by atoms with Crippen molar-refractivity contribution in [2.24, 2.45) is 5.41 Å². The normalized spacial score (nSPS) is 19.6. The maximum absolute atomic E-state index is 12.3. The SMILES string of the molecule is CC(C)(C)C(C)(I)C(F)(F)F. The molecule has 4 heteroatoms.